The molecule has 0 bridgehead atoms. The molecule has 2 unspecified atom stereocenters. The van der Waals surface area contributed by atoms with E-state index < -0.39 is 9.84 Å². The van der Waals surface area contributed by atoms with Crippen LogP contribution in [-0.4, -0.2) is 20.4 Å². The molecule has 0 aromatic heterocycles. The molecule has 110 valence electrons. The van der Waals surface area contributed by atoms with Crippen molar-refractivity contribution in [3.05, 3.63) is 0 Å². The van der Waals surface area contributed by atoms with Crippen molar-refractivity contribution in [3.63, 3.8) is 0 Å². The van der Waals surface area contributed by atoms with E-state index in [1.807, 2.05) is 0 Å². The van der Waals surface area contributed by atoms with E-state index in [1.54, 1.807) is 0 Å². The molecule has 0 N–H and O–H groups in total. The standard InChI is InChI=1S/C15H32O2S/c1-5-7-9-10-12-15(11-8-6-2)14(3)13-18(4,16)17/h14-15H,5-13H2,1-4H3. The Morgan fingerprint density at radius 3 is 1.94 bits per heavy atom. The third kappa shape index (κ3) is 9.93. The van der Waals surface area contributed by atoms with Gasteiger partial charge < -0.3 is 0 Å². The lowest BCUT2D eigenvalue weighted by atomic mass is 9.86. The SMILES string of the molecule is CCCCCCC(CCCC)C(C)CS(C)(=O)=O. The smallest absolute Gasteiger partial charge is 0.147 e. The van der Waals surface area contributed by atoms with Gasteiger partial charge in [0.1, 0.15) is 9.84 Å². The van der Waals surface area contributed by atoms with Crippen molar-refractivity contribution < 1.29 is 8.42 Å². The summed E-state index contributed by atoms with van der Waals surface area (Å²) in [6, 6.07) is 0. The molecule has 0 aliphatic heterocycles. The predicted octanol–water partition coefficient (Wildman–Crippen LogP) is 4.44. The fourth-order valence-corrected chi connectivity index (χ4v) is 3.85. The van der Waals surface area contributed by atoms with Crippen LogP contribution in [0.3, 0.4) is 0 Å². The molecule has 0 aromatic carbocycles. The van der Waals surface area contributed by atoms with Crippen LogP contribution in [0, 0.1) is 11.8 Å². The van der Waals surface area contributed by atoms with Crippen LogP contribution in [0.5, 0.6) is 0 Å². The Balaban J connectivity index is 4.19. The maximum Gasteiger partial charge on any atom is 0.147 e. The zero-order chi connectivity index (χ0) is 14.0. The first kappa shape index (κ1) is 17.9. The third-order valence-electron chi connectivity index (χ3n) is 3.73. The molecule has 18 heavy (non-hydrogen) atoms. The number of sulfone groups is 1. The second-order valence-electron chi connectivity index (χ2n) is 5.82. The molecule has 2 atom stereocenters. The van der Waals surface area contributed by atoms with Gasteiger partial charge in [-0.2, -0.15) is 0 Å². The van der Waals surface area contributed by atoms with Gasteiger partial charge in [0, 0.05) is 6.26 Å². The first-order valence-corrected chi connectivity index (χ1v) is 9.64. The molecule has 0 saturated heterocycles. The Hall–Kier alpha value is -0.0500. The Labute approximate surface area is 114 Å². The minimum absolute atomic E-state index is 0.313. The molecule has 0 aromatic rings. The lowest BCUT2D eigenvalue weighted by Crippen LogP contribution is -2.21. The van der Waals surface area contributed by atoms with E-state index in [0.717, 1.165) is 0 Å². The maximum atomic E-state index is 11.4. The van der Waals surface area contributed by atoms with Crippen molar-refractivity contribution in [1.82, 2.24) is 0 Å². The van der Waals surface area contributed by atoms with Crippen molar-refractivity contribution in [1.29, 1.82) is 0 Å². The third-order valence-corrected chi connectivity index (χ3v) is 4.86. The van der Waals surface area contributed by atoms with Crippen LogP contribution in [0.4, 0.5) is 0 Å². The van der Waals surface area contributed by atoms with Crippen molar-refractivity contribution in [2.24, 2.45) is 11.8 Å². The van der Waals surface area contributed by atoms with Crippen LogP contribution in [0.1, 0.15) is 72.1 Å². The fourth-order valence-electron chi connectivity index (χ4n) is 2.63. The second kappa shape index (κ2) is 9.82. The van der Waals surface area contributed by atoms with E-state index in [0.29, 0.717) is 17.6 Å². The molecule has 0 spiro atoms. The molecule has 0 heterocycles. The Morgan fingerprint density at radius 2 is 1.44 bits per heavy atom. The van der Waals surface area contributed by atoms with Crippen LogP contribution in [0.2, 0.25) is 0 Å². The van der Waals surface area contributed by atoms with Crippen molar-refractivity contribution in [3.8, 4) is 0 Å². The van der Waals surface area contributed by atoms with Gasteiger partial charge in [0.25, 0.3) is 0 Å². The summed E-state index contributed by atoms with van der Waals surface area (Å²) < 4.78 is 22.8. The van der Waals surface area contributed by atoms with E-state index >= 15 is 0 Å². The highest BCUT2D eigenvalue weighted by molar-refractivity contribution is 7.90. The van der Waals surface area contributed by atoms with E-state index in [1.165, 1.54) is 57.6 Å². The van der Waals surface area contributed by atoms with Crippen LogP contribution in [-0.2, 0) is 9.84 Å². The monoisotopic (exact) mass is 276 g/mol. The minimum atomic E-state index is -2.83. The quantitative estimate of drug-likeness (QED) is 0.523. The molecule has 0 radical (unpaired) electrons. The van der Waals surface area contributed by atoms with Crippen LogP contribution < -0.4 is 0 Å². The van der Waals surface area contributed by atoms with Gasteiger partial charge in [-0.15, -0.1) is 0 Å². The Morgan fingerprint density at radius 1 is 0.889 bits per heavy atom. The van der Waals surface area contributed by atoms with Crippen LogP contribution in [0.25, 0.3) is 0 Å². The predicted molar refractivity (Wildman–Crippen MR) is 80.6 cm³/mol. The summed E-state index contributed by atoms with van der Waals surface area (Å²) >= 11 is 0. The molecule has 0 amide bonds. The number of unbranched alkanes of at least 4 members (excludes halogenated alkanes) is 4. The van der Waals surface area contributed by atoms with E-state index in [-0.39, 0.29) is 0 Å². The normalized spacial score (nSPS) is 15.6. The van der Waals surface area contributed by atoms with Crippen LogP contribution >= 0.6 is 0 Å². The second-order valence-corrected chi connectivity index (χ2v) is 8.01. The van der Waals surface area contributed by atoms with Crippen LogP contribution in [0.15, 0.2) is 0 Å². The largest absolute Gasteiger partial charge is 0.229 e. The lowest BCUT2D eigenvalue weighted by Gasteiger charge is -2.23. The van der Waals surface area contributed by atoms with Gasteiger partial charge in [-0.1, -0.05) is 72.1 Å². The summed E-state index contributed by atoms with van der Waals surface area (Å²) in [5.74, 6) is 1.26. The zero-order valence-corrected chi connectivity index (χ0v) is 13.6. The summed E-state index contributed by atoms with van der Waals surface area (Å²) in [4.78, 5) is 0. The molecular formula is C15H32O2S. The van der Waals surface area contributed by atoms with Gasteiger partial charge in [-0.25, -0.2) is 8.42 Å². The van der Waals surface area contributed by atoms with E-state index in [2.05, 4.69) is 20.8 Å². The van der Waals surface area contributed by atoms with Gasteiger partial charge in [0.2, 0.25) is 0 Å². The first-order chi connectivity index (χ1) is 8.40. The molecule has 0 aliphatic carbocycles. The molecule has 0 saturated carbocycles. The highest BCUT2D eigenvalue weighted by Crippen LogP contribution is 2.26. The fraction of sp³-hybridized carbons (Fsp3) is 1.00. The Kier molecular flexibility index (Phi) is 9.80. The van der Waals surface area contributed by atoms with Crippen molar-refractivity contribution >= 4 is 9.84 Å². The molecule has 0 rings (SSSR count). The van der Waals surface area contributed by atoms with Gasteiger partial charge >= 0.3 is 0 Å². The van der Waals surface area contributed by atoms with Gasteiger partial charge in [-0.3, -0.25) is 0 Å². The van der Waals surface area contributed by atoms with Crippen molar-refractivity contribution in [2.45, 2.75) is 72.1 Å². The molecule has 0 fully saturated rings. The summed E-state index contributed by atoms with van der Waals surface area (Å²) in [5, 5.41) is 0. The lowest BCUT2D eigenvalue weighted by molar-refractivity contribution is 0.318. The van der Waals surface area contributed by atoms with E-state index in [9.17, 15) is 8.42 Å². The molecular weight excluding hydrogens is 244 g/mol. The average Bonchev–Trinajstić information content (AvgIpc) is 2.25. The number of hydrogen-bond acceptors (Lipinski definition) is 2. The van der Waals surface area contributed by atoms with Gasteiger partial charge in [-0.05, 0) is 11.8 Å². The highest BCUT2D eigenvalue weighted by atomic mass is 32.2. The molecule has 2 nitrogen and oxygen atoms in total. The van der Waals surface area contributed by atoms with E-state index in [4.69, 9.17) is 0 Å². The summed E-state index contributed by atoms with van der Waals surface area (Å²) in [6.45, 7) is 6.54. The van der Waals surface area contributed by atoms with Gasteiger partial charge in [0.05, 0.1) is 5.75 Å². The minimum Gasteiger partial charge on any atom is -0.229 e. The zero-order valence-electron chi connectivity index (χ0n) is 12.7. The number of hydrogen-bond donors (Lipinski definition) is 0. The average molecular weight is 276 g/mol. The maximum absolute atomic E-state index is 11.4. The van der Waals surface area contributed by atoms with Crippen molar-refractivity contribution in [2.75, 3.05) is 12.0 Å². The number of rotatable bonds is 11. The van der Waals surface area contributed by atoms with Gasteiger partial charge in [0.15, 0.2) is 0 Å². The summed E-state index contributed by atoms with van der Waals surface area (Å²) in [6.07, 6.45) is 11.3. The molecule has 0 aliphatic rings. The summed E-state index contributed by atoms with van der Waals surface area (Å²) in [5.41, 5.74) is 0. The first-order valence-electron chi connectivity index (χ1n) is 7.58. The summed E-state index contributed by atoms with van der Waals surface area (Å²) in [7, 11) is -2.83. The highest BCUT2D eigenvalue weighted by Gasteiger charge is 2.20. The Bertz CT molecular complexity index is 283. The topological polar surface area (TPSA) is 34.1 Å². The molecule has 3 heteroatoms.